The molecule has 0 radical (unpaired) electrons. The Morgan fingerprint density at radius 1 is 1.43 bits per heavy atom. The quantitative estimate of drug-likeness (QED) is 0.620. The summed E-state index contributed by atoms with van der Waals surface area (Å²) in [5, 5.41) is 14.3. The van der Waals surface area contributed by atoms with Crippen LogP contribution in [-0.4, -0.2) is 34.9 Å². The van der Waals surface area contributed by atoms with Crippen LogP contribution in [-0.2, 0) is 11.3 Å². The minimum Gasteiger partial charge on any atom is -0.342 e. The maximum absolute atomic E-state index is 12.1. The molecule has 7 heteroatoms. The van der Waals surface area contributed by atoms with Gasteiger partial charge in [0.1, 0.15) is 0 Å². The van der Waals surface area contributed by atoms with Crippen LogP contribution in [0.25, 0.3) is 0 Å². The standard InChI is InChI=1S/C14H20ClN3O3/c1-4-17(5-2)14(19)10(3)16-9-11-6-7-12(15)8-13(11)18(20)21/h6-8,10,16H,4-5,9H2,1-3H3. The molecule has 21 heavy (non-hydrogen) atoms. The molecule has 1 unspecified atom stereocenters. The van der Waals surface area contributed by atoms with Crippen molar-refractivity contribution in [1.29, 1.82) is 0 Å². The van der Waals surface area contributed by atoms with Crippen molar-refractivity contribution in [2.24, 2.45) is 0 Å². The van der Waals surface area contributed by atoms with Gasteiger partial charge in [-0.2, -0.15) is 0 Å². The number of halogens is 1. The first-order valence-electron chi connectivity index (χ1n) is 6.85. The van der Waals surface area contributed by atoms with Gasteiger partial charge in [-0.3, -0.25) is 14.9 Å². The lowest BCUT2D eigenvalue weighted by Gasteiger charge is -2.23. The second-order valence-corrected chi connectivity index (χ2v) is 5.08. The molecule has 116 valence electrons. The number of carbonyl (C=O) groups is 1. The van der Waals surface area contributed by atoms with Gasteiger partial charge < -0.3 is 10.2 Å². The molecule has 0 aliphatic carbocycles. The molecule has 0 spiro atoms. The number of nitrogens with zero attached hydrogens (tertiary/aromatic N) is 2. The molecule has 1 aromatic carbocycles. The summed E-state index contributed by atoms with van der Waals surface area (Å²) in [5.41, 5.74) is 0.459. The molecule has 0 aliphatic rings. The molecule has 0 aromatic heterocycles. The number of hydrogen-bond acceptors (Lipinski definition) is 4. The van der Waals surface area contributed by atoms with Crippen molar-refractivity contribution in [2.45, 2.75) is 33.4 Å². The second-order valence-electron chi connectivity index (χ2n) is 4.64. The van der Waals surface area contributed by atoms with Gasteiger partial charge in [-0.15, -0.1) is 0 Å². The molecular formula is C14H20ClN3O3. The van der Waals surface area contributed by atoms with Crippen LogP contribution in [0, 0.1) is 10.1 Å². The number of hydrogen-bond donors (Lipinski definition) is 1. The van der Waals surface area contributed by atoms with E-state index in [9.17, 15) is 14.9 Å². The number of nitro groups is 1. The lowest BCUT2D eigenvalue weighted by molar-refractivity contribution is -0.385. The zero-order valence-corrected chi connectivity index (χ0v) is 13.2. The molecule has 1 aromatic rings. The fraction of sp³-hybridized carbons (Fsp3) is 0.500. The highest BCUT2D eigenvalue weighted by molar-refractivity contribution is 6.30. The van der Waals surface area contributed by atoms with E-state index in [0.717, 1.165) is 0 Å². The third-order valence-corrected chi connectivity index (χ3v) is 3.52. The van der Waals surface area contributed by atoms with Crippen molar-refractivity contribution >= 4 is 23.2 Å². The van der Waals surface area contributed by atoms with Crippen LogP contribution in [0.15, 0.2) is 18.2 Å². The van der Waals surface area contributed by atoms with E-state index in [4.69, 9.17) is 11.6 Å². The van der Waals surface area contributed by atoms with Crippen LogP contribution in [0.3, 0.4) is 0 Å². The maximum Gasteiger partial charge on any atom is 0.275 e. The van der Waals surface area contributed by atoms with Gasteiger partial charge in [0.15, 0.2) is 0 Å². The van der Waals surface area contributed by atoms with Gasteiger partial charge in [-0.25, -0.2) is 0 Å². The van der Waals surface area contributed by atoms with E-state index in [1.807, 2.05) is 13.8 Å². The zero-order valence-electron chi connectivity index (χ0n) is 12.4. The van der Waals surface area contributed by atoms with Gasteiger partial charge in [-0.05, 0) is 32.9 Å². The molecule has 0 heterocycles. The molecule has 0 saturated carbocycles. The average molecular weight is 314 g/mol. The third kappa shape index (κ3) is 4.68. The Balaban J connectivity index is 2.75. The van der Waals surface area contributed by atoms with Gasteiger partial charge in [0.05, 0.1) is 11.0 Å². The van der Waals surface area contributed by atoms with Crippen molar-refractivity contribution in [2.75, 3.05) is 13.1 Å². The van der Waals surface area contributed by atoms with Crippen molar-refractivity contribution in [3.63, 3.8) is 0 Å². The van der Waals surface area contributed by atoms with Crippen LogP contribution in [0.5, 0.6) is 0 Å². The number of carbonyl (C=O) groups excluding carboxylic acids is 1. The second kappa shape index (κ2) is 7.95. The molecule has 1 rings (SSSR count). The van der Waals surface area contributed by atoms with Crippen molar-refractivity contribution in [1.82, 2.24) is 10.2 Å². The molecule has 1 N–H and O–H groups in total. The smallest absolute Gasteiger partial charge is 0.275 e. The topological polar surface area (TPSA) is 75.5 Å². The molecule has 0 aliphatic heterocycles. The van der Waals surface area contributed by atoms with Crippen molar-refractivity contribution in [3.8, 4) is 0 Å². The van der Waals surface area contributed by atoms with Gasteiger partial charge in [-0.1, -0.05) is 11.6 Å². The highest BCUT2D eigenvalue weighted by Gasteiger charge is 2.19. The first-order chi connectivity index (χ1) is 9.90. The summed E-state index contributed by atoms with van der Waals surface area (Å²) in [6.45, 7) is 7.10. The zero-order chi connectivity index (χ0) is 16.0. The average Bonchev–Trinajstić information content (AvgIpc) is 2.46. The number of amides is 1. The Morgan fingerprint density at radius 3 is 2.57 bits per heavy atom. The van der Waals surface area contributed by atoms with Gasteiger partial charge in [0, 0.05) is 36.3 Å². The van der Waals surface area contributed by atoms with Crippen LogP contribution in [0.1, 0.15) is 26.3 Å². The summed E-state index contributed by atoms with van der Waals surface area (Å²) in [7, 11) is 0. The van der Waals surface area contributed by atoms with Crippen LogP contribution in [0.4, 0.5) is 5.69 Å². The lowest BCUT2D eigenvalue weighted by atomic mass is 10.1. The number of likely N-dealkylation sites (N-methyl/N-ethyl adjacent to an activating group) is 1. The highest BCUT2D eigenvalue weighted by Crippen LogP contribution is 2.23. The SMILES string of the molecule is CCN(CC)C(=O)C(C)NCc1ccc(Cl)cc1[N+](=O)[O-]. The molecule has 6 nitrogen and oxygen atoms in total. The Morgan fingerprint density at radius 2 is 2.05 bits per heavy atom. The van der Waals surface area contributed by atoms with E-state index in [1.54, 1.807) is 24.0 Å². The van der Waals surface area contributed by atoms with Gasteiger partial charge in [0.2, 0.25) is 5.91 Å². The normalized spacial score (nSPS) is 12.0. The summed E-state index contributed by atoms with van der Waals surface area (Å²) in [4.78, 5) is 24.3. The fourth-order valence-electron chi connectivity index (χ4n) is 2.02. The predicted octanol–water partition coefficient (Wildman–Crippen LogP) is 2.59. The summed E-state index contributed by atoms with van der Waals surface area (Å²) < 4.78 is 0. The number of nitrogens with one attached hydrogen (secondary N) is 1. The van der Waals surface area contributed by atoms with Gasteiger partial charge >= 0.3 is 0 Å². The number of nitro benzene ring substituents is 1. The molecular weight excluding hydrogens is 294 g/mol. The van der Waals surface area contributed by atoms with Crippen LogP contribution >= 0.6 is 11.6 Å². The maximum atomic E-state index is 12.1. The van der Waals surface area contributed by atoms with E-state index in [0.29, 0.717) is 23.7 Å². The van der Waals surface area contributed by atoms with Gasteiger partial charge in [0.25, 0.3) is 5.69 Å². The number of benzene rings is 1. The Bertz CT molecular complexity index is 518. The highest BCUT2D eigenvalue weighted by atomic mass is 35.5. The summed E-state index contributed by atoms with van der Waals surface area (Å²) in [6.07, 6.45) is 0. The summed E-state index contributed by atoms with van der Waals surface area (Å²) in [5.74, 6) is -0.0170. The largest absolute Gasteiger partial charge is 0.342 e. The van der Waals surface area contributed by atoms with Crippen LogP contribution in [0.2, 0.25) is 5.02 Å². The first kappa shape index (κ1) is 17.4. The lowest BCUT2D eigenvalue weighted by Crippen LogP contribution is -2.44. The minimum atomic E-state index is -0.472. The summed E-state index contributed by atoms with van der Waals surface area (Å²) >= 11 is 5.77. The molecule has 0 saturated heterocycles. The summed E-state index contributed by atoms with van der Waals surface area (Å²) in [6, 6.07) is 4.11. The number of rotatable bonds is 7. The molecule has 1 amide bonds. The predicted molar refractivity (Wildman–Crippen MR) is 82.3 cm³/mol. The van der Waals surface area contributed by atoms with E-state index in [1.165, 1.54) is 6.07 Å². The van der Waals surface area contributed by atoms with E-state index < -0.39 is 11.0 Å². The third-order valence-electron chi connectivity index (χ3n) is 3.29. The Labute approximate surface area is 129 Å². The molecule has 1 atom stereocenters. The molecule has 0 bridgehead atoms. The van der Waals surface area contributed by atoms with E-state index in [-0.39, 0.29) is 18.1 Å². The van der Waals surface area contributed by atoms with Crippen molar-refractivity contribution < 1.29 is 9.72 Å². The molecule has 0 fully saturated rings. The minimum absolute atomic E-state index is 0.0170. The van der Waals surface area contributed by atoms with Crippen LogP contribution < -0.4 is 5.32 Å². The Hall–Kier alpha value is -1.66. The van der Waals surface area contributed by atoms with E-state index >= 15 is 0 Å². The Kier molecular flexibility index (Phi) is 6.58. The fourth-order valence-corrected chi connectivity index (χ4v) is 2.18. The van der Waals surface area contributed by atoms with E-state index in [2.05, 4.69) is 5.32 Å². The monoisotopic (exact) mass is 313 g/mol. The first-order valence-corrected chi connectivity index (χ1v) is 7.23. The van der Waals surface area contributed by atoms with Crippen molar-refractivity contribution in [3.05, 3.63) is 38.9 Å².